The maximum atomic E-state index is 13.2. The molecule has 142 valence electrons. The van der Waals surface area contributed by atoms with E-state index in [0.29, 0.717) is 17.5 Å². The molecule has 2 atom stereocenters. The standard InChI is InChI=1S/C18H19FN4O3S/c1-12(9-20)26-16(24)11-27-18-22-21-17(13-4-6-14(19)7-5-13)23(18)10-15-3-2-8-25-15/h4-7,12,15H,2-3,8,10-11H2,1H3/t12-,15+/m1/s1. The summed E-state index contributed by atoms with van der Waals surface area (Å²) in [6, 6.07) is 7.87. The minimum absolute atomic E-state index is 0.0130. The summed E-state index contributed by atoms with van der Waals surface area (Å²) in [4.78, 5) is 11.8. The highest BCUT2D eigenvalue weighted by Gasteiger charge is 2.22. The molecule has 1 aliphatic heterocycles. The maximum Gasteiger partial charge on any atom is 0.317 e. The summed E-state index contributed by atoms with van der Waals surface area (Å²) in [7, 11) is 0. The van der Waals surface area contributed by atoms with Crippen molar-refractivity contribution in [2.45, 2.75) is 43.7 Å². The van der Waals surface area contributed by atoms with E-state index in [-0.39, 0.29) is 17.7 Å². The van der Waals surface area contributed by atoms with Crippen LogP contribution in [-0.2, 0) is 20.8 Å². The van der Waals surface area contributed by atoms with Crippen molar-refractivity contribution in [1.29, 1.82) is 5.26 Å². The van der Waals surface area contributed by atoms with Crippen LogP contribution in [0.2, 0.25) is 0 Å². The summed E-state index contributed by atoms with van der Waals surface area (Å²) < 4.78 is 25.8. The molecule has 3 rings (SSSR count). The lowest BCUT2D eigenvalue weighted by atomic mass is 10.2. The third kappa shape index (κ3) is 5.05. The molecule has 0 spiro atoms. The molecule has 2 heterocycles. The zero-order chi connectivity index (χ0) is 19.2. The zero-order valence-corrected chi connectivity index (χ0v) is 15.6. The first-order valence-corrected chi connectivity index (χ1v) is 9.58. The van der Waals surface area contributed by atoms with E-state index in [1.165, 1.54) is 30.8 Å². The molecule has 0 unspecified atom stereocenters. The normalized spacial score (nSPS) is 17.4. The molecule has 0 radical (unpaired) electrons. The number of ether oxygens (including phenoxy) is 2. The van der Waals surface area contributed by atoms with Crippen LogP contribution in [0, 0.1) is 17.1 Å². The molecule has 1 saturated heterocycles. The molecule has 0 N–H and O–H groups in total. The average Bonchev–Trinajstić information content (AvgIpc) is 3.31. The highest BCUT2D eigenvalue weighted by atomic mass is 32.2. The van der Waals surface area contributed by atoms with E-state index in [9.17, 15) is 9.18 Å². The number of benzene rings is 1. The Balaban J connectivity index is 1.79. The van der Waals surface area contributed by atoms with Crippen LogP contribution in [0.5, 0.6) is 0 Å². The van der Waals surface area contributed by atoms with Gasteiger partial charge >= 0.3 is 5.97 Å². The van der Waals surface area contributed by atoms with Crippen molar-refractivity contribution in [1.82, 2.24) is 14.8 Å². The van der Waals surface area contributed by atoms with E-state index < -0.39 is 12.1 Å². The lowest BCUT2D eigenvalue weighted by molar-refractivity contribution is -0.142. The highest BCUT2D eigenvalue weighted by Crippen LogP contribution is 2.26. The van der Waals surface area contributed by atoms with E-state index >= 15 is 0 Å². The Morgan fingerprint density at radius 2 is 2.26 bits per heavy atom. The van der Waals surface area contributed by atoms with E-state index in [1.54, 1.807) is 12.1 Å². The number of hydrogen-bond acceptors (Lipinski definition) is 7. The third-order valence-electron chi connectivity index (χ3n) is 4.04. The van der Waals surface area contributed by atoms with Gasteiger partial charge < -0.3 is 9.47 Å². The van der Waals surface area contributed by atoms with Crippen LogP contribution >= 0.6 is 11.8 Å². The van der Waals surface area contributed by atoms with Crippen molar-refractivity contribution in [2.24, 2.45) is 0 Å². The Hall–Kier alpha value is -2.44. The molecule has 1 aromatic carbocycles. The molecule has 0 bridgehead atoms. The van der Waals surface area contributed by atoms with Gasteiger partial charge in [0, 0.05) is 12.2 Å². The minimum atomic E-state index is -0.794. The lowest BCUT2D eigenvalue weighted by Gasteiger charge is -2.14. The molecule has 1 fully saturated rings. The smallest absolute Gasteiger partial charge is 0.317 e. The largest absolute Gasteiger partial charge is 0.447 e. The Morgan fingerprint density at radius 3 is 2.93 bits per heavy atom. The summed E-state index contributed by atoms with van der Waals surface area (Å²) >= 11 is 1.19. The van der Waals surface area contributed by atoms with Gasteiger partial charge in [-0.25, -0.2) is 4.39 Å². The van der Waals surface area contributed by atoms with Crippen LogP contribution < -0.4 is 0 Å². The number of aromatic nitrogens is 3. The highest BCUT2D eigenvalue weighted by molar-refractivity contribution is 7.99. The second-order valence-electron chi connectivity index (χ2n) is 6.11. The van der Waals surface area contributed by atoms with Crippen LogP contribution in [0.4, 0.5) is 4.39 Å². The average molecular weight is 390 g/mol. The summed E-state index contributed by atoms with van der Waals surface area (Å²) in [5.74, 6) is -0.220. The number of nitrogens with zero attached hydrogens (tertiary/aromatic N) is 4. The summed E-state index contributed by atoms with van der Waals surface area (Å²) in [5, 5.41) is 17.7. The van der Waals surface area contributed by atoms with Gasteiger partial charge in [0.15, 0.2) is 17.1 Å². The van der Waals surface area contributed by atoms with Crippen molar-refractivity contribution >= 4 is 17.7 Å². The fourth-order valence-electron chi connectivity index (χ4n) is 2.75. The molecule has 1 aromatic heterocycles. The molecule has 0 saturated carbocycles. The van der Waals surface area contributed by atoms with Gasteiger partial charge in [0.1, 0.15) is 11.9 Å². The maximum absolute atomic E-state index is 13.2. The molecular weight excluding hydrogens is 371 g/mol. The van der Waals surface area contributed by atoms with Gasteiger partial charge in [0.05, 0.1) is 18.4 Å². The van der Waals surface area contributed by atoms with Crippen molar-refractivity contribution in [3.05, 3.63) is 30.1 Å². The van der Waals surface area contributed by atoms with Crippen LogP contribution in [0.15, 0.2) is 29.4 Å². The van der Waals surface area contributed by atoms with Crippen molar-refractivity contribution < 1.29 is 18.7 Å². The van der Waals surface area contributed by atoms with E-state index in [0.717, 1.165) is 25.0 Å². The fraction of sp³-hybridized carbons (Fsp3) is 0.444. The third-order valence-corrected chi connectivity index (χ3v) is 4.98. The predicted octanol–water partition coefficient (Wildman–Crippen LogP) is 2.81. The van der Waals surface area contributed by atoms with Crippen LogP contribution in [0.1, 0.15) is 19.8 Å². The number of esters is 1. The van der Waals surface area contributed by atoms with Crippen molar-refractivity contribution in [2.75, 3.05) is 12.4 Å². The van der Waals surface area contributed by atoms with Gasteiger partial charge in [-0.3, -0.25) is 9.36 Å². The van der Waals surface area contributed by atoms with Crippen molar-refractivity contribution in [3.63, 3.8) is 0 Å². The second-order valence-corrected chi connectivity index (χ2v) is 7.05. The molecule has 7 nitrogen and oxygen atoms in total. The van der Waals surface area contributed by atoms with Gasteiger partial charge in [-0.1, -0.05) is 11.8 Å². The molecule has 27 heavy (non-hydrogen) atoms. The van der Waals surface area contributed by atoms with Gasteiger partial charge in [-0.2, -0.15) is 5.26 Å². The Labute approximate surface area is 160 Å². The number of nitriles is 1. The number of hydrogen-bond donors (Lipinski definition) is 0. The molecule has 2 aromatic rings. The van der Waals surface area contributed by atoms with E-state index in [4.69, 9.17) is 14.7 Å². The molecule has 0 aliphatic carbocycles. The van der Waals surface area contributed by atoms with E-state index in [2.05, 4.69) is 10.2 Å². The van der Waals surface area contributed by atoms with Gasteiger partial charge in [-0.15, -0.1) is 10.2 Å². The summed E-state index contributed by atoms with van der Waals surface area (Å²) in [5.41, 5.74) is 0.731. The fourth-order valence-corrected chi connectivity index (χ4v) is 3.48. The van der Waals surface area contributed by atoms with E-state index in [1.807, 2.05) is 10.6 Å². The Morgan fingerprint density at radius 1 is 1.48 bits per heavy atom. The Kier molecular flexibility index (Phi) is 6.42. The Bertz CT molecular complexity index is 828. The lowest BCUT2D eigenvalue weighted by Crippen LogP contribution is -2.18. The first kappa shape index (κ1) is 19.3. The molecule has 9 heteroatoms. The number of halogens is 1. The quantitative estimate of drug-likeness (QED) is 0.530. The van der Waals surface area contributed by atoms with Crippen LogP contribution in [0.3, 0.4) is 0 Å². The van der Waals surface area contributed by atoms with Gasteiger partial charge in [0.2, 0.25) is 0 Å². The predicted molar refractivity (Wildman–Crippen MR) is 96.3 cm³/mol. The zero-order valence-electron chi connectivity index (χ0n) is 14.8. The number of carbonyl (C=O) groups is 1. The molecule has 1 aliphatic rings. The topological polar surface area (TPSA) is 90.0 Å². The van der Waals surface area contributed by atoms with Crippen molar-refractivity contribution in [3.8, 4) is 17.5 Å². The monoisotopic (exact) mass is 390 g/mol. The van der Waals surface area contributed by atoms with Crippen LogP contribution in [0.25, 0.3) is 11.4 Å². The number of rotatable bonds is 7. The van der Waals surface area contributed by atoms with Gasteiger partial charge in [0.25, 0.3) is 0 Å². The summed E-state index contributed by atoms with van der Waals surface area (Å²) in [6.07, 6.45) is 1.19. The first-order valence-electron chi connectivity index (χ1n) is 8.59. The number of carbonyl (C=O) groups excluding carboxylic acids is 1. The SMILES string of the molecule is C[C@H](C#N)OC(=O)CSc1nnc(-c2ccc(F)cc2)n1C[C@@H]1CCCO1. The summed E-state index contributed by atoms with van der Waals surface area (Å²) in [6.45, 7) is 2.78. The second kappa shape index (κ2) is 8.97. The first-order chi connectivity index (χ1) is 13.1. The molecule has 0 amide bonds. The number of thioether (sulfide) groups is 1. The minimum Gasteiger partial charge on any atom is -0.447 e. The van der Waals surface area contributed by atoms with Crippen LogP contribution in [-0.4, -0.2) is 45.3 Å². The van der Waals surface area contributed by atoms with Gasteiger partial charge in [-0.05, 0) is 44.0 Å². The molecular formula is C18H19FN4O3S.